The first kappa shape index (κ1) is 20.4. The van der Waals surface area contributed by atoms with E-state index in [9.17, 15) is 18.0 Å². The van der Waals surface area contributed by atoms with Crippen LogP contribution in [-0.2, 0) is 24.4 Å². The number of esters is 1. The van der Waals surface area contributed by atoms with Gasteiger partial charge in [-0.1, -0.05) is 29.8 Å². The second-order valence-corrected chi connectivity index (χ2v) is 7.50. The number of carbonyl (C=O) groups excluding carboxylic acids is 2. The zero-order valence-electron chi connectivity index (χ0n) is 15.3. The quantitative estimate of drug-likeness (QED) is 0.575. The van der Waals surface area contributed by atoms with E-state index in [1.54, 1.807) is 24.3 Å². The molecule has 2 rings (SSSR count). The van der Waals surface area contributed by atoms with Crippen molar-refractivity contribution in [2.24, 2.45) is 0 Å². The molecule has 0 bridgehead atoms. The van der Waals surface area contributed by atoms with Crippen LogP contribution in [0.15, 0.2) is 53.4 Å². The van der Waals surface area contributed by atoms with Gasteiger partial charge in [-0.15, -0.1) is 0 Å². The summed E-state index contributed by atoms with van der Waals surface area (Å²) in [6, 6.07) is 11.8. The Balaban J connectivity index is 2.18. The second-order valence-electron chi connectivity index (χ2n) is 5.95. The van der Waals surface area contributed by atoms with Crippen molar-refractivity contribution in [2.75, 3.05) is 7.11 Å². The van der Waals surface area contributed by atoms with Crippen LogP contribution in [0.25, 0.3) is 0 Å². The third-order valence-corrected chi connectivity index (χ3v) is 5.04. The third-order valence-electron chi connectivity index (χ3n) is 3.77. The molecule has 2 aromatic rings. The van der Waals surface area contributed by atoms with E-state index >= 15 is 0 Å². The van der Waals surface area contributed by atoms with Gasteiger partial charge in [-0.05, 0) is 36.8 Å². The number of rotatable bonds is 7. The lowest BCUT2D eigenvalue weighted by molar-refractivity contribution is -0.141. The van der Waals surface area contributed by atoms with Crippen molar-refractivity contribution in [3.63, 3.8) is 0 Å². The summed E-state index contributed by atoms with van der Waals surface area (Å²) in [4.78, 5) is 23.0. The zero-order chi connectivity index (χ0) is 20.0. The minimum Gasteiger partial charge on any atom is -0.469 e. The lowest BCUT2D eigenvalue weighted by Gasteiger charge is -2.17. The molecule has 1 amide bonds. The molecule has 27 heavy (non-hydrogen) atoms. The first-order valence-corrected chi connectivity index (χ1v) is 9.57. The van der Waals surface area contributed by atoms with Crippen LogP contribution in [0.2, 0.25) is 0 Å². The monoisotopic (exact) mass is 391 g/mol. The van der Waals surface area contributed by atoms with Crippen LogP contribution in [0.3, 0.4) is 0 Å². The predicted molar refractivity (Wildman–Crippen MR) is 98.6 cm³/mol. The van der Waals surface area contributed by atoms with E-state index in [0.717, 1.165) is 5.56 Å². The Morgan fingerprint density at radius 1 is 1.04 bits per heavy atom. The van der Waals surface area contributed by atoms with Gasteiger partial charge in [0.25, 0.3) is 0 Å². The van der Waals surface area contributed by atoms with Crippen LogP contribution in [-0.4, -0.2) is 27.4 Å². The van der Waals surface area contributed by atoms with Gasteiger partial charge >= 0.3 is 16.1 Å². The molecule has 0 saturated heterocycles. The van der Waals surface area contributed by atoms with E-state index < -0.39 is 22.1 Å². The number of benzene rings is 2. The number of amides is 1. The number of aryl methyl sites for hydroxylation is 1. The summed E-state index contributed by atoms with van der Waals surface area (Å²) in [5.41, 5.74) is 1.56. The summed E-state index contributed by atoms with van der Waals surface area (Å²) in [6.07, 6.45) is -0.0437. The van der Waals surface area contributed by atoms with Crippen molar-refractivity contribution in [3.05, 3.63) is 59.7 Å². The summed E-state index contributed by atoms with van der Waals surface area (Å²) in [5, 5.41) is 2.66. The zero-order valence-corrected chi connectivity index (χ0v) is 16.1. The number of carbonyl (C=O) groups is 2. The summed E-state index contributed by atoms with van der Waals surface area (Å²) in [6.45, 7) is 3.20. The Morgan fingerprint density at radius 3 is 2.15 bits per heavy atom. The number of nitrogens with one attached hydrogen (secondary N) is 1. The number of ether oxygens (including phenoxy) is 1. The van der Waals surface area contributed by atoms with E-state index in [1.165, 1.54) is 38.3 Å². The molecule has 0 fully saturated rings. The van der Waals surface area contributed by atoms with Crippen molar-refractivity contribution < 1.29 is 26.9 Å². The maximum Gasteiger partial charge on any atom is 0.339 e. The van der Waals surface area contributed by atoms with E-state index in [4.69, 9.17) is 4.18 Å². The Kier molecular flexibility index (Phi) is 6.57. The molecule has 0 aliphatic heterocycles. The Morgan fingerprint density at radius 2 is 1.63 bits per heavy atom. The highest BCUT2D eigenvalue weighted by molar-refractivity contribution is 7.87. The molecule has 2 aromatic carbocycles. The largest absolute Gasteiger partial charge is 0.469 e. The lowest BCUT2D eigenvalue weighted by atomic mass is 10.0. The minimum atomic E-state index is -3.95. The van der Waals surface area contributed by atoms with Crippen molar-refractivity contribution in [1.29, 1.82) is 0 Å². The number of methoxy groups -OCH3 is 1. The fourth-order valence-corrected chi connectivity index (χ4v) is 3.31. The molecule has 0 spiro atoms. The van der Waals surface area contributed by atoms with Gasteiger partial charge in [-0.3, -0.25) is 9.59 Å². The Bertz CT molecular complexity index is 904. The minimum absolute atomic E-state index is 0.0437. The lowest BCUT2D eigenvalue weighted by Crippen LogP contribution is -2.28. The highest BCUT2D eigenvalue weighted by Gasteiger charge is 2.19. The number of hydrogen-bond acceptors (Lipinski definition) is 6. The van der Waals surface area contributed by atoms with Crippen LogP contribution in [0, 0.1) is 6.92 Å². The van der Waals surface area contributed by atoms with E-state index in [0.29, 0.717) is 5.56 Å². The van der Waals surface area contributed by atoms with Crippen molar-refractivity contribution in [1.82, 2.24) is 5.32 Å². The Labute approximate surface area is 158 Å². The molecule has 0 saturated carbocycles. The van der Waals surface area contributed by atoms with Gasteiger partial charge in [0.2, 0.25) is 5.91 Å². The molecule has 0 radical (unpaired) electrons. The fourth-order valence-electron chi connectivity index (χ4n) is 2.38. The molecule has 0 aliphatic carbocycles. The van der Waals surface area contributed by atoms with Gasteiger partial charge in [0, 0.05) is 6.92 Å². The van der Waals surface area contributed by atoms with E-state index in [2.05, 4.69) is 10.1 Å². The van der Waals surface area contributed by atoms with Gasteiger partial charge in [0.15, 0.2) is 0 Å². The normalized spacial score (nSPS) is 12.1. The molecular formula is C19H21NO6S. The first-order chi connectivity index (χ1) is 12.7. The molecule has 8 heteroatoms. The van der Waals surface area contributed by atoms with Crippen LogP contribution < -0.4 is 9.50 Å². The van der Waals surface area contributed by atoms with E-state index in [-0.39, 0.29) is 23.0 Å². The highest BCUT2D eigenvalue weighted by Crippen LogP contribution is 2.23. The molecule has 7 nitrogen and oxygen atoms in total. The van der Waals surface area contributed by atoms with Crippen LogP contribution >= 0.6 is 0 Å². The summed E-state index contributed by atoms with van der Waals surface area (Å²) in [5.74, 6) is -0.652. The standard InChI is InChI=1S/C19H21NO6S/c1-13-4-10-17(11-5-13)27(23,24)26-16-8-6-15(7-9-16)18(20-14(2)21)12-19(22)25-3/h4-11,18H,12H2,1-3H3,(H,20,21). The SMILES string of the molecule is COC(=O)CC(NC(C)=O)c1ccc(OS(=O)(=O)c2ccc(C)cc2)cc1. The van der Waals surface area contributed by atoms with Crippen LogP contribution in [0.1, 0.15) is 30.5 Å². The smallest absolute Gasteiger partial charge is 0.339 e. The van der Waals surface area contributed by atoms with Crippen molar-refractivity contribution >= 4 is 22.0 Å². The van der Waals surface area contributed by atoms with Crippen LogP contribution in [0.5, 0.6) is 5.75 Å². The van der Waals surface area contributed by atoms with Gasteiger partial charge in [0.05, 0.1) is 19.6 Å². The van der Waals surface area contributed by atoms with Crippen LogP contribution in [0.4, 0.5) is 0 Å². The molecule has 1 atom stereocenters. The Hall–Kier alpha value is -2.87. The molecule has 0 aromatic heterocycles. The highest BCUT2D eigenvalue weighted by atomic mass is 32.2. The summed E-state index contributed by atoms with van der Waals surface area (Å²) >= 11 is 0. The fraction of sp³-hybridized carbons (Fsp3) is 0.263. The molecule has 0 aliphatic rings. The van der Waals surface area contributed by atoms with Crippen molar-refractivity contribution in [3.8, 4) is 5.75 Å². The van der Waals surface area contributed by atoms with Gasteiger partial charge in [-0.25, -0.2) is 0 Å². The third kappa shape index (κ3) is 5.82. The number of hydrogen-bond donors (Lipinski definition) is 1. The van der Waals surface area contributed by atoms with Gasteiger partial charge in [-0.2, -0.15) is 8.42 Å². The van der Waals surface area contributed by atoms with Gasteiger partial charge < -0.3 is 14.2 Å². The average Bonchev–Trinajstić information content (AvgIpc) is 2.61. The predicted octanol–water partition coefficient (Wildman–Crippen LogP) is 2.50. The van der Waals surface area contributed by atoms with E-state index in [1.807, 2.05) is 6.92 Å². The van der Waals surface area contributed by atoms with Gasteiger partial charge in [0.1, 0.15) is 10.6 Å². The summed E-state index contributed by atoms with van der Waals surface area (Å²) in [7, 11) is -2.69. The average molecular weight is 391 g/mol. The molecule has 1 unspecified atom stereocenters. The molecule has 0 heterocycles. The molecular weight excluding hydrogens is 370 g/mol. The molecule has 1 N–H and O–H groups in total. The first-order valence-electron chi connectivity index (χ1n) is 8.16. The maximum absolute atomic E-state index is 12.3. The second kappa shape index (κ2) is 8.68. The summed E-state index contributed by atoms with van der Waals surface area (Å²) < 4.78 is 34.4. The topological polar surface area (TPSA) is 98.8 Å². The van der Waals surface area contributed by atoms with Crippen molar-refractivity contribution in [2.45, 2.75) is 31.2 Å². The maximum atomic E-state index is 12.3. The molecule has 144 valence electrons.